The van der Waals surface area contributed by atoms with Gasteiger partial charge >= 0.3 is 0 Å². The Morgan fingerprint density at radius 3 is 2.72 bits per heavy atom. The molecule has 1 aliphatic rings. The summed E-state index contributed by atoms with van der Waals surface area (Å²) in [5, 5.41) is 5.08. The molecule has 1 N–H and O–H groups in total. The lowest BCUT2D eigenvalue weighted by molar-refractivity contribution is -0.123. The number of benzene rings is 1. The van der Waals surface area contributed by atoms with E-state index < -0.39 is 0 Å². The van der Waals surface area contributed by atoms with E-state index in [0.717, 1.165) is 26.3 Å². The second-order valence-corrected chi connectivity index (χ2v) is 7.06. The van der Waals surface area contributed by atoms with E-state index in [-0.39, 0.29) is 18.6 Å². The van der Waals surface area contributed by atoms with Crippen molar-refractivity contribution in [2.75, 3.05) is 39.5 Å². The highest BCUT2D eigenvalue weighted by molar-refractivity contribution is 7.10. The molecule has 0 aliphatic carbocycles. The Labute approximate surface area is 152 Å². The minimum absolute atomic E-state index is 0.0311. The minimum Gasteiger partial charge on any atom is -0.484 e. The van der Waals surface area contributed by atoms with Gasteiger partial charge in [-0.05, 0) is 30.5 Å². The van der Waals surface area contributed by atoms with Gasteiger partial charge in [-0.2, -0.15) is 0 Å². The van der Waals surface area contributed by atoms with Crippen molar-refractivity contribution < 1.29 is 14.3 Å². The highest BCUT2D eigenvalue weighted by Crippen LogP contribution is 2.25. The summed E-state index contributed by atoms with van der Waals surface area (Å²) in [6, 6.07) is 12.1. The maximum atomic E-state index is 12.2. The van der Waals surface area contributed by atoms with E-state index in [9.17, 15) is 4.79 Å². The monoisotopic (exact) mass is 360 g/mol. The number of nitrogens with one attached hydrogen (secondary N) is 1. The van der Waals surface area contributed by atoms with Gasteiger partial charge in [0.15, 0.2) is 6.61 Å². The maximum Gasteiger partial charge on any atom is 0.258 e. The SMILES string of the molecule is Cc1ccc(OCC(=O)NC[C@H](c2cccs2)N2CCOCC2)cc1. The Morgan fingerprint density at radius 1 is 1.28 bits per heavy atom. The molecule has 134 valence electrons. The van der Waals surface area contributed by atoms with Gasteiger partial charge in [0, 0.05) is 24.5 Å². The molecule has 0 bridgehead atoms. The number of carbonyl (C=O) groups excluding carboxylic acids is 1. The summed E-state index contributed by atoms with van der Waals surface area (Å²) in [5.41, 5.74) is 1.17. The molecule has 1 aliphatic heterocycles. The van der Waals surface area contributed by atoms with E-state index in [2.05, 4.69) is 27.7 Å². The number of nitrogens with zero attached hydrogens (tertiary/aromatic N) is 1. The van der Waals surface area contributed by atoms with Crippen molar-refractivity contribution in [3.8, 4) is 5.75 Å². The smallest absolute Gasteiger partial charge is 0.258 e. The molecular weight excluding hydrogens is 336 g/mol. The Bertz CT molecular complexity index is 652. The number of thiophene rings is 1. The fourth-order valence-electron chi connectivity index (χ4n) is 2.82. The minimum atomic E-state index is -0.101. The number of carbonyl (C=O) groups is 1. The van der Waals surface area contributed by atoms with Gasteiger partial charge in [0.25, 0.3) is 5.91 Å². The Hall–Kier alpha value is -1.89. The van der Waals surface area contributed by atoms with Crippen LogP contribution in [0, 0.1) is 6.92 Å². The standard InChI is InChI=1S/C19H24N2O3S/c1-15-4-6-16(7-5-15)24-14-19(22)20-13-17(18-3-2-12-25-18)21-8-10-23-11-9-21/h2-7,12,17H,8-11,13-14H2,1H3,(H,20,22)/t17-/m1/s1. The highest BCUT2D eigenvalue weighted by Gasteiger charge is 2.23. The van der Waals surface area contributed by atoms with Gasteiger partial charge in [-0.15, -0.1) is 11.3 Å². The van der Waals surface area contributed by atoms with E-state index in [0.29, 0.717) is 12.3 Å². The second-order valence-electron chi connectivity index (χ2n) is 6.09. The number of hydrogen-bond donors (Lipinski definition) is 1. The molecule has 2 aromatic rings. The molecule has 1 fully saturated rings. The predicted octanol–water partition coefficient (Wildman–Crippen LogP) is 2.63. The quantitative estimate of drug-likeness (QED) is 0.825. The van der Waals surface area contributed by atoms with Crippen LogP contribution in [0.4, 0.5) is 0 Å². The zero-order valence-corrected chi connectivity index (χ0v) is 15.3. The summed E-state index contributed by atoms with van der Waals surface area (Å²) in [6.45, 7) is 5.89. The third-order valence-corrected chi connectivity index (χ3v) is 5.22. The molecule has 0 spiro atoms. The lowest BCUT2D eigenvalue weighted by Gasteiger charge is -2.34. The molecule has 25 heavy (non-hydrogen) atoms. The average Bonchev–Trinajstić information content (AvgIpc) is 3.17. The molecule has 0 unspecified atom stereocenters. The molecule has 1 amide bonds. The van der Waals surface area contributed by atoms with Crippen LogP contribution in [-0.4, -0.2) is 50.3 Å². The van der Waals surface area contributed by atoms with E-state index in [1.54, 1.807) is 11.3 Å². The molecular formula is C19H24N2O3S. The van der Waals surface area contributed by atoms with Crippen molar-refractivity contribution >= 4 is 17.2 Å². The number of rotatable bonds is 7. The molecule has 0 saturated carbocycles. The number of amides is 1. The molecule has 1 saturated heterocycles. The van der Waals surface area contributed by atoms with Gasteiger partial charge in [0.1, 0.15) is 5.75 Å². The summed E-state index contributed by atoms with van der Waals surface area (Å²) in [6.07, 6.45) is 0. The van der Waals surface area contributed by atoms with E-state index in [4.69, 9.17) is 9.47 Å². The first-order valence-corrected chi connectivity index (χ1v) is 9.42. The van der Waals surface area contributed by atoms with Crippen molar-refractivity contribution in [1.82, 2.24) is 10.2 Å². The van der Waals surface area contributed by atoms with Gasteiger partial charge < -0.3 is 14.8 Å². The van der Waals surface area contributed by atoms with Gasteiger partial charge in [0.05, 0.1) is 19.3 Å². The van der Waals surface area contributed by atoms with Crippen LogP contribution in [0.1, 0.15) is 16.5 Å². The number of hydrogen-bond acceptors (Lipinski definition) is 5. The van der Waals surface area contributed by atoms with Crippen molar-refractivity contribution in [3.63, 3.8) is 0 Å². The second kappa shape index (κ2) is 8.99. The zero-order valence-electron chi connectivity index (χ0n) is 14.4. The van der Waals surface area contributed by atoms with Crippen LogP contribution in [0.5, 0.6) is 5.75 Å². The molecule has 2 heterocycles. The summed E-state index contributed by atoms with van der Waals surface area (Å²) < 4.78 is 11.0. The largest absolute Gasteiger partial charge is 0.484 e. The molecule has 5 nitrogen and oxygen atoms in total. The predicted molar refractivity (Wildman–Crippen MR) is 99.1 cm³/mol. The summed E-state index contributed by atoms with van der Waals surface area (Å²) in [7, 11) is 0. The van der Waals surface area contributed by atoms with Crippen LogP contribution in [0.15, 0.2) is 41.8 Å². The first-order valence-electron chi connectivity index (χ1n) is 8.54. The summed E-state index contributed by atoms with van der Waals surface area (Å²) >= 11 is 1.72. The average molecular weight is 360 g/mol. The molecule has 1 aromatic heterocycles. The van der Waals surface area contributed by atoms with Gasteiger partial charge in [-0.1, -0.05) is 23.8 Å². The fraction of sp³-hybridized carbons (Fsp3) is 0.421. The Kier molecular flexibility index (Phi) is 6.44. The van der Waals surface area contributed by atoms with Crippen LogP contribution in [0.25, 0.3) is 0 Å². The van der Waals surface area contributed by atoms with Crippen LogP contribution >= 0.6 is 11.3 Å². The van der Waals surface area contributed by atoms with E-state index in [1.165, 1.54) is 10.4 Å². The number of morpholine rings is 1. The Morgan fingerprint density at radius 2 is 2.04 bits per heavy atom. The van der Waals surface area contributed by atoms with Gasteiger partial charge in [-0.3, -0.25) is 9.69 Å². The molecule has 0 radical (unpaired) electrons. The lowest BCUT2D eigenvalue weighted by Crippen LogP contribution is -2.44. The van der Waals surface area contributed by atoms with E-state index >= 15 is 0 Å². The fourth-order valence-corrected chi connectivity index (χ4v) is 3.69. The van der Waals surface area contributed by atoms with Crippen LogP contribution in [0.3, 0.4) is 0 Å². The van der Waals surface area contributed by atoms with Crippen LogP contribution in [-0.2, 0) is 9.53 Å². The third-order valence-electron chi connectivity index (χ3n) is 4.24. The number of ether oxygens (including phenoxy) is 2. The normalized spacial score (nSPS) is 16.4. The van der Waals surface area contributed by atoms with Gasteiger partial charge in [-0.25, -0.2) is 0 Å². The molecule has 6 heteroatoms. The van der Waals surface area contributed by atoms with Crippen LogP contribution in [0.2, 0.25) is 0 Å². The first-order chi connectivity index (χ1) is 12.2. The van der Waals surface area contributed by atoms with Crippen molar-refractivity contribution in [3.05, 3.63) is 52.2 Å². The number of aryl methyl sites for hydroxylation is 1. The topological polar surface area (TPSA) is 50.8 Å². The maximum absolute atomic E-state index is 12.2. The first kappa shape index (κ1) is 17.9. The zero-order chi connectivity index (χ0) is 17.5. The van der Waals surface area contributed by atoms with Crippen LogP contribution < -0.4 is 10.1 Å². The molecule has 1 atom stereocenters. The summed E-state index contributed by atoms with van der Waals surface area (Å²) in [5.74, 6) is 0.610. The van der Waals surface area contributed by atoms with Crippen molar-refractivity contribution in [2.24, 2.45) is 0 Å². The third kappa shape index (κ3) is 5.29. The lowest BCUT2D eigenvalue weighted by atomic mass is 10.2. The highest BCUT2D eigenvalue weighted by atomic mass is 32.1. The van der Waals surface area contributed by atoms with Crippen molar-refractivity contribution in [2.45, 2.75) is 13.0 Å². The molecule has 1 aromatic carbocycles. The Balaban J connectivity index is 1.51. The van der Waals surface area contributed by atoms with Crippen molar-refractivity contribution in [1.29, 1.82) is 0 Å². The van der Waals surface area contributed by atoms with E-state index in [1.807, 2.05) is 31.2 Å². The summed E-state index contributed by atoms with van der Waals surface area (Å²) in [4.78, 5) is 15.8. The molecule has 3 rings (SSSR count). The van der Waals surface area contributed by atoms with Gasteiger partial charge in [0.2, 0.25) is 0 Å².